The van der Waals surface area contributed by atoms with Gasteiger partial charge in [-0.3, -0.25) is 9.59 Å². The standard InChI is InChI=1S/C21H21F4N3O4S/c1-3-9-26-33(31,32)17-11-13(5-6-14(17)22)21(30)28(10-4-2)12-18(29)27-16-8-7-15(23)19(24)20(16)25/h3,5-8,11,26H,1,4,9-10,12H2,2H3,(H,27,29). The number of amides is 2. The molecule has 12 heteroatoms. The van der Waals surface area contributed by atoms with Gasteiger partial charge in [-0.05, 0) is 36.8 Å². The molecule has 2 rings (SSSR count). The molecule has 7 nitrogen and oxygen atoms in total. The number of sulfonamides is 1. The number of halogens is 4. The number of rotatable bonds is 10. The fourth-order valence-corrected chi connectivity index (χ4v) is 3.88. The lowest BCUT2D eigenvalue weighted by atomic mass is 10.2. The zero-order valence-corrected chi connectivity index (χ0v) is 18.3. The van der Waals surface area contributed by atoms with Crippen LogP contribution in [0.5, 0.6) is 0 Å². The third kappa shape index (κ3) is 6.39. The first kappa shape index (κ1) is 26.0. The van der Waals surface area contributed by atoms with Gasteiger partial charge in [-0.2, -0.15) is 0 Å². The number of carbonyl (C=O) groups excluding carboxylic acids is 2. The Bertz CT molecular complexity index is 1170. The highest BCUT2D eigenvalue weighted by Gasteiger charge is 2.24. The van der Waals surface area contributed by atoms with E-state index in [4.69, 9.17) is 0 Å². The molecule has 33 heavy (non-hydrogen) atoms. The minimum Gasteiger partial charge on any atom is -0.329 e. The van der Waals surface area contributed by atoms with Crippen molar-refractivity contribution in [3.8, 4) is 0 Å². The molecule has 2 N–H and O–H groups in total. The SMILES string of the molecule is C=CCNS(=O)(=O)c1cc(C(=O)N(CCC)CC(=O)Nc2ccc(F)c(F)c2F)ccc1F. The Morgan fingerprint density at radius 3 is 2.36 bits per heavy atom. The van der Waals surface area contributed by atoms with E-state index in [2.05, 4.69) is 16.6 Å². The molecule has 0 heterocycles. The van der Waals surface area contributed by atoms with E-state index in [1.165, 1.54) is 6.08 Å². The first-order valence-electron chi connectivity index (χ1n) is 9.64. The summed E-state index contributed by atoms with van der Waals surface area (Å²) in [4.78, 5) is 25.5. The van der Waals surface area contributed by atoms with Gasteiger partial charge in [-0.1, -0.05) is 13.0 Å². The molecule has 0 atom stereocenters. The zero-order valence-electron chi connectivity index (χ0n) is 17.5. The molecule has 0 aliphatic heterocycles. The van der Waals surface area contributed by atoms with Crippen LogP contribution in [0.4, 0.5) is 23.2 Å². The summed E-state index contributed by atoms with van der Waals surface area (Å²) in [6, 6.07) is 4.14. The van der Waals surface area contributed by atoms with Crippen LogP contribution in [0.1, 0.15) is 23.7 Å². The first-order chi connectivity index (χ1) is 15.5. The van der Waals surface area contributed by atoms with Crippen LogP contribution >= 0.6 is 0 Å². The van der Waals surface area contributed by atoms with Crippen molar-refractivity contribution in [3.05, 3.63) is 71.8 Å². The van der Waals surface area contributed by atoms with E-state index in [-0.39, 0.29) is 18.7 Å². The number of carbonyl (C=O) groups is 2. The third-order valence-electron chi connectivity index (χ3n) is 4.31. The number of nitrogens with zero attached hydrogens (tertiary/aromatic N) is 1. The summed E-state index contributed by atoms with van der Waals surface area (Å²) in [5, 5.41) is 2.05. The maximum Gasteiger partial charge on any atom is 0.254 e. The molecule has 0 radical (unpaired) electrons. The molecule has 0 fully saturated rings. The third-order valence-corrected chi connectivity index (χ3v) is 5.75. The number of nitrogens with one attached hydrogen (secondary N) is 2. The molecule has 0 bridgehead atoms. The van der Waals surface area contributed by atoms with Gasteiger partial charge in [-0.25, -0.2) is 30.7 Å². The molecule has 2 aromatic rings. The minimum atomic E-state index is -4.28. The van der Waals surface area contributed by atoms with Crippen LogP contribution in [-0.4, -0.2) is 44.8 Å². The summed E-state index contributed by atoms with van der Waals surface area (Å²) >= 11 is 0. The van der Waals surface area contributed by atoms with E-state index >= 15 is 0 Å². The Morgan fingerprint density at radius 2 is 1.73 bits per heavy atom. The Labute approximate surface area is 188 Å². The maximum atomic E-state index is 14.1. The van der Waals surface area contributed by atoms with Gasteiger partial charge >= 0.3 is 0 Å². The van der Waals surface area contributed by atoms with E-state index in [0.29, 0.717) is 12.5 Å². The van der Waals surface area contributed by atoms with Crippen LogP contribution in [-0.2, 0) is 14.8 Å². The van der Waals surface area contributed by atoms with Crippen LogP contribution in [0.2, 0.25) is 0 Å². The fraction of sp³-hybridized carbons (Fsp3) is 0.238. The summed E-state index contributed by atoms with van der Waals surface area (Å²) in [6.07, 6.45) is 1.65. The Morgan fingerprint density at radius 1 is 1.06 bits per heavy atom. The van der Waals surface area contributed by atoms with Crippen molar-refractivity contribution in [2.75, 3.05) is 25.0 Å². The van der Waals surface area contributed by atoms with Crippen molar-refractivity contribution >= 4 is 27.5 Å². The van der Waals surface area contributed by atoms with Gasteiger partial charge in [-0.15, -0.1) is 6.58 Å². The van der Waals surface area contributed by atoms with Crippen molar-refractivity contribution in [1.82, 2.24) is 9.62 Å². The molecular formula is C21H21F4N3O4S. The second-order valence-corrected chi connectivity index (χ2v) is 8.52. The van der Waals surface area contributed by atoms with E-state index < -0.39 is 62.2 Å². The summed E-state index contributed by atoms with van der Waals surface area (Å²) in [7, 11) is -4.28. The molecule has 0 aromatic heterocycles. The molecule has 2 amide bonds. The van der Waals surface area contributed by atoms with Gasteiger partial charge in [0, 0.05) is 18.7 Å². The minimum absolute atomic E-state index is 0.0423. The van der Waals surface area contributed by atoms with Gasteiger partial charge in [0.25, 0.3) is 5.91 Å². The molecule has 2 aromatic carbocycles. The smallest absolute Gasteiger partial charge is 0.254 e. The lowest BCUT2D eigenvalue weighted by Gasteiger charge is -2.22. The van der Waals surface area contributed by atoms with Gasteiger partial charge < -0.3 is 10.2 Å². The van der Waals surface area contributed by atoms with Crippen LogP contribution < -0.4 is 10.0 Å². The van der Waals surface area contributed by atoms with Crippen molar-refractivity contribution in [1.29, 1.82) is 0 Å². The quantitative estimate of drug-likeness (QED) is 0.306. The van der Waals surface area contributed by atoms with Gasteiger partial charge in [0.1, 0.15) is 17.3 Å². The number of benzene rings is 2. The Kier molecular flexibility index (Phi) is 8.71. The summed E-state index contributed by atoms with van der Waals surface area (Å²) in [5.41, 5.74) is -0.832. The molecule has 178 valence electrons. The lowest BCUT2D eigenvalue weighted by molar-refractivity contribution is -0.116. The van der Waals surface area contributed by atoms with E-state index in [0.717, 1.165) is 29.2 Å². The average molecular weight is 487 g/mol. The molecule has 0 spiro atoms. The van der Waals surface area contributed by atoms with Crippen LogP contribution in [0.3, 0.4) is 0 Å². The van der Waals surface area contributed by atoms with Crippen LogP contribution in [0.25, 0.3) is 0 Å². The van der Waals surface area contributed by atoms with Crippen LogP contribution in [0.15, 0.2) is 47.9 Å². The van der Waals surface area contributed by atoms with Crippen LogP contribution in [0, 0.1) is 23.3 Å². The molecular weight excluding hydrogens is 466 g/mol. The Balaban J connectivity index is 2.26. The lowest BCUT2D eigenvalue weighted by Crippen LogP contribution is -2.38. The van der Waals surface area contributed by atoms with Gasteiger partial charge in [0.05, 0.1) is 5.69 Å². The van der Waals surface area contributed by atoms with Gasteiger partial charge in [0.15, 0.2) is 17.5 Å². The summed E-state index contributed by atoms with van der Waals surface area (Å²) < 4.78 is 81.0. The summed E-state index contributed by atoms with van der Waals surface area (Å²) in [5.74, 6) is -7.59. The van der Waals surface area contributed by atoms with Crippen molar-refractivity contribution in [2.45, 2.75) is 18.2 Å². The molecule has 0 aliphatic rings. The largest absolute Gasteiger partial charge is 0.329 e. The van der Waals surface area contributed by atoms with Crippen molar-refractivity contribution < 1.29 is 35.6 Å². The summed E-state index contributed by atoms with van der Waals surface area (Å²) in [6.45, 7) is 4.33. The normalized spacial score (nSPS) is 11.2. The maximum absolute atomic E-state index is 14.1. The second-order valence-electron chi connectivity index (χ2n) is 6.78. The molecule has 0 aliphatic carbocycles. The first-order valence-corrected chi connectivity index (χ1v) is 11.1. The second kappa shape index (κ2) is 11.1. The van der Waals surface area contributed by atoms with Gasteiger partial charge in [0.2, 0.25) is 15.9 Å². The molecule has 0 saturated carbocycles. The predicted octanol–water partition coefficient (Wildman–Crippen LogP) is 3.20. The topological polar surface area (TPSA) is 95.6 Å². The zero-order chi connectivity index (χ0) is 24.8. The van der Waals surface area contributed by atoms with E-state index in [1.807, 2.05) is 0 Å². The Hall–Kier alpha value is -3.25. The monoisotopic (exact) mass is 487 g/mol. The van der Waals surface area contributed by atoms with Crippen molar-refractivity contribution in [2.24, 2.45) is 0 Å². The van der Waals surface area contributed by atoms with Crippen molar-refractivity contribution in [3.63, 3.8) is 0 Å². The highest BCUT2D eigenvalue weighted by Crippen LogP contribution is 2.20. The van der Waals surface area contributed by atoms with E-state index in [9.17, 15) is 35.6 Å². The van der Waals surface area contributed by atoms with E-state index in [1.54, 1.807) is 6.92 Å². The number of hydrogen-bond donors (Lipinski definition) is 2. The average Bonchev–Trinajstić information content (AvgIpc) is 2.77. The highest BCUT2D eigenvalue weighted by atomic mass is 32.2. The molecule has 0 unspecified atom stereocenters. The highest BCUT2D eigenvalue weighted by molar-refractivity contribution is 7.89. The number of anilines is 1. The fourth-order valence-electron chi connectivity index (χ4n) is 2.78. The molecule has 0 saturated heterocycles. The number of hydrogen-bond acceptors (Lipinski definition) is 4. The predicted molar refractivity (Wildman–Crippen MR) is 113 cm³/mol.